The number of aromatic amines is 1. The lowest BCUT2D eigenvalue weighted by molar-refractivity contribution is 0.0503. The van der Waals surface area contributed by atoms with Crippen LogP contribution in [0.1, 0.15) is 28.2 Å². The summed E-state index contributed by atoms with van der Waals surface area (Å²) in [5.41, 5.74) is 3.42. The predicted molar refractivity (Wildman–Crippen MR) is 88.3 cm³/mol. The van der Waals surface area contributed by atoms with Crippen LogP contribution in [0.5, 0.6) is 0 Å². The Kier molecular flexibility index (Phi) is 5.58. The highest BCUT2D eigenvalue weighted by molar-refractivity contribution is 7.78. The Bertz CT molecular complexity index is 718. The number of aromatic nitrogens is 2. The van der Waals surface area contributed by atoms with Crippen LogP contribution in [-0.2, 0) is 4.74 Å². The molecule has 5 nitrogen and oxygen atoms in total. The van der Waals surface area contributed by atoms with Crippen LogP contribution in [-0.4, -0.2) is 34.3 Å². The highest BCUT2D eigenvalue weighted by Gasteiger charge is 2.11. The average Bonchev–Trinajstić information content (AvgIpc) is 2.93. The number of hydrogen-bond donors (Lipinski definition) is 1. The lowest BCUT2D eigenvalue weighted by Gasteiger charge is -2.08. The third-order valence-electron chi connectivity index (χ3n) is 3.18. The van der Waals surface area contributed by atoms with Gasteiger partial charge in [0.2, 0.25) is 0 Å². The van der Waals surface area contributed by atoms with Crippen LogP contribution in [0.4, 0.5) is 0 Å². The number of thiocarbonyl (C=S) groups is 1. The number of carbonyl (C=O) groups excluding carboxylic acids is 1. The highest BCUT2D eigenvalue weighted by atomic mass is 32.1. The quantitative estimate of drug-likeness (QED) is 0.384. The molecule has 0 saturated carbocycles. The first kappa shape index (κ1) is 16.1. The van der Waals surface area contributed by atoms with Crippen LogP contribution in [0.3, 0.4) is 0 Å². The SMILES string of the molecule is Cc1ncc(-c2cc(C(=O)OCCCN=C=S)ccc2C)[nH]1. The first-order valence-electron chi connectivity index (χ1n) is 6.95. The molecule has 0 aliphatic carbocycles. The van der Waals surface area contributed by atoms with Crippen molar-refractivity contribution >= 4 is 23.3 Å². The fourth-order valence-corrected chi connectivity index (χ4v) is 2.13. The summed E-state index contributed by atoms with van der Waals surface area (Å²) in [6.07, 6.45) is 2.39. The van der Waals surface area contributed by atoms with Gasteiger partial charge in [-0.05, 0) is 43.8 Å². The molecule has 1 aromatic heterocycles. The van der Waals surface area contributed by atoms with Gasteiger partial charge in [0.1, 0.15) is 5.82 Å². The van der Waals surface area contributed by atoms with Gasteiger partial charge >= 0.3 is 5.97 Å². The van der Waals surface area contributed by atoms with Crippen molar-refractivity contribution in [1.82, 2.24) is 9.97 Å². The third-order valence-corrected chi connectivity index (χ3v) is 3.31. The van der Waals surface area contributed by atoms with Crippen LogP contribution in [0.2, 0.25) is 0 Å². The molecule has 1 heterocycles. The maximum absolute atomic E-state index is 12.1. The monoisotopic (exact) mass is 315 g/mol. The van der Waals surface area contributed by atoms with Crippen LogP contribution < -0.4 is 0 Å². The van der Waals surface area contributed by atoms with Gasteiger partial charge < -0.3 is 9.72 Å². The summed E-state index contributed by atoms with van der Waals surface area (Å²) in [6, 6.07) is 5.48. The summed E-state index contributed by atoms with van der Waals surface area (Å²) < 4.78 is 5.22. The first-order chi connectivity index (χ1) is 10.6. The number of aliphatic imine (C=N–C) groups is 1. The summed E-state index contributed by atoms with van der Waals surface area (Å²) in [5.74, 6) is 0.491. The Balaban J connectivity index is 2.08. The van der Waals surface area contributed by atoms with E-state index in [4.69, 9.17) is 4.74 Å². The molecule has 0 spiro atoms. The van der Waals surface area contributed by atoms with E-state index in [-0.39, 0.29) is 5.97 Å². The van der Waals surface area contributed by atoms with E-state index in [1.54, 1.807) is 12.3 Å². The van der Waals surface area contributed by atoms with Crippen LogP contribution in [0.15, 0.2) is 29.4 Å². The molecule has 0 aliphatic heterocycles. The molecule has 0 radical (unpaired) electrons. The summed E-state index contributed by atoms with van der Waals surface area (Å²) >= 11 is 4.47. The smallest absolute Gasteiger partial charge is 0.338 e. The van der Waals surface area contributed by atoms with Crippen LogP contribution in [0.25, 0.3) is 11.3 Å². The zero-order chi connectivity index (χ0) is 15.9. The normalized spacial score (nSPS) is 10.1. The van der Waals surface area contributed by atoms with Crippen LogP contribution in [0, 0.1) is 13.8 Å². The molecule has 1 N–H and O–H groups in total. The largest absolute Gasteiger partial charge is 0.462 e. The number of imidazole rings is 1. The number of H-pyrrole nitrogens is 1. The average molecular weight is 315 g/mol. The molecule has 22 heavy (non-hydrogen) atoms. The molecule has 2 rings (SSSR count). The summed E-state index contributed by atoms with van der Waals surface area (Å²) in [7, 11) is 0. The Labute approximate surface area is 134 Å². The van der Waals surface area contributed by atoms with Gasteiger partial charge in [0.15, 0.2) is 0 Å². The number of benzene rings is 1. The molecule has 6 heteroatoms. The topological polar surface area (TPSA) is 67.3 Å². The number of ether oxygens (including phenoxy) is 1. The number of nitrogens with one attached hydrogen (secondary N) is 1. The van der Waals surface area contributed by atoms with E-state index in [1.807, 2.05) is 26.0 Å². The van der Waals surface area contributed by atoms with Crippen molar-refractivity contribution in [2.45, 2.75) is 20.3 Å². The molecule has 2 aromatic rings. The number of nitrogens with zero attached hydrogens (tertiary/aromatic N) is 2. The number of isothiocyanates is 1. The van der Waals surface area contributed by atoms with Gasteiger partial charge in [0.05, 0.1) is 35.8 Å². The molecular formula is C16H17N3O2S. The molecule has 1 aromatic carbocycles. The Morgan fingerprint density at radius 2 is 2.27 bits per heavy atom. The summed E-state index contributed by atoms with van der Waals surface area (Å²) in [5, 5.41) is 2.28. The van der Waals surface area contributed by atoms with E-state index < -0.39 is 0 Å². The van der Waals surface area contributed by atoms with Crippen molar-refractivity contribution in [2.24, 2.45) is 4.99 Å². The number of hydrogen-bond acceptors (Lipinski definition) is 5. The first-order valence-corrected chi connectivity index (χ1v) is 7.36. The second kappa shape index (κ2) is 7.64. The third kappa shape index (κ3) is 4.10. The van der Waals surface area contributed by atoms with Crippen molar-refractivity contribution in [1.29, 1.82) is 0 Å². The van der Waals surface area contributed by atoms with Crippen molar-refractivity contribution in [2.75, 3.05) is 13.2 Å². The minimum atomic E-state index is -0.344. The zero-order valence-electron chi connectivity index (χ0n) is 12.5. The van der Waals surface area contributed by atoms with Gasteiger partial charge in [0.25, 0.3) is 0 Å². The molecule has 0 bridgehead atoms. The molecule has 0 atom stereocenters. The molecule has 114 valence electrons. The predicted octanol–water partition coefficient (Wildman–Crippen LogP) is 3.34. The molecule has 0 amide bonds. The summed E-state index contributed by atoms with van der Waals surface area (Å²) in [6.45, 7) is 4.71. The standard InChI is InChI=1S/C16H17N3O2S/c1-11-4-5-13(16(20)21-7-3-6-17-10-22)8-14(11)15-9-18-12(2)19-15/h4-5,8-9H,3,6-7H2,1-2H3,(H,18,19). The zero-order valence-corrected chi connectivity index (χ0v) is 13.4. The van der Waals surface area contributed by atoms with Gasteiger partial charge in [-0.3, -0.25) is 0 Å². The van der Waals surface area contributed by atoms with E-state index in [1.165, 1.54) is 0 Å². The Hall–Kier alpha value is -2.30. The van der Waals surface area contributed by atoms with Gasteiger partial charge in [-0.25, -0.2) is 14.8 Å². The fourth-order valence-electron chi connectivity index (χ4n) is 2.03. The van der Waals surface area contributed by atoms with Gasteiger partial charge in [-0.2, -0.15) is 0 Å². The summed E-state index contributed by atoms with van der Waals surface area (Å²) in [4.78, 5) is 23.2. The molecule has 0 aliphatic rings. The maximum Gasteiger partial charge on any atom is 0.338 e. The van der Waals surface area contributed by atoms with Crippen molar-refractivity contribution in [3.8, 4) is 11.3 Å². The minimum Gasteiger partial charge on any atom is -0.462 e. The van der Waals surface area contributed by atoms with E-state index in [9.17, 15) is 4.79 Å². The van der Waals surface area contributed by atoms with Gasteiger partial charge in [-0.15, -0.1) is 0 Å². The van der Waals surface area contributed by atoms with Crippen molar-refractivity contribution < 1.29 is 9.53 Å². The lowest BCUT2D eigenvalue weighted by Crippen LogP contribution is -2.07. The Morgan fingerprint density at radius 1 is 1.45 bits per heavy atom. The number of esters is 1. The highest BCUT2D eigenvalue weighted by Crippen LogP contribution is 2.23. The molecular weight excluding hydrogens is 298 g/mol. The molecule has 0 fully saturated rings. The maximum atomic E-state index is 12.1. The van der Waals surface area contributed by atoms with Crippen molar-refractivity contribution in [3.63, 3.8) is 0 Å². The lowest BCUT2D eigenvalue weighted by atomic mass is 10.0. The minimum absolute atomic E-state index is 0.311. The Morgan fingerprint density at radius 3 is 2.95 bits per heavy atom. The number of aryl methyl sites for hydroxylation is 2. The second-order valence-corrected chi connectivity index (χ2v) is 5.06. The molecule has 0 saturated heterocycles. The van der Waals surface area contributed by atoms with Crippen LogP contribution >= 0.6 is 12.2 Å². The van der Waals surface area contributed by atoms with Crippen molar-refractivity contribution in [3.05, 3.63) is 41.3 Å². The second-order valence-electron chi connectivity index (χ2n) is 4.87. The van der Waals surface area contributed by atoms with E-state index in [2.05, 4.69) is 32.3 Å². The van der Waals surface area contributed by atoms with E-state index in [0.29, 0.717) is 25.1 Å². The number of rotatable bonds is 6. The van der Waals surface area contributed by atoms with Gasteiger partial charge in [0, 0.05) is 12.0 Å². The fraction of sp³-hybridized carbons (Fsp3) is 0.312. The van der Waals surface area contributed by atoms with E-state index in [0.717, 1.165) is 22.6 Å². The van der Waals surface area contributed by atoms with Gasteiger partial charge in [-0.1, -0.05) is 6.07 Å². The molecule has 0 unspecified atom stereocenters. The van der Waals surface area contributed by atoms with E-state index >= 15 is 0 Å². The number of carbonyl (C=O) groups is 1.